The Morgan fingerprint density at radius 3 is 2.76 bits per heavy atom. The summed E-state index contributed by atoms with van der Waals surface area (Å²) >= 11 is 1.49. The second kappa shape index (κ2) is 6.86. The number of hydrogen-bond acceptors (Lipinski definition) is 6. The van der Waals surface area contributed by atoms with Gasteiger partial charge in [-0.25, -0.2) is 9.78 Å². The first-order chi connectivity index (χ1) is 12.0. The Balaban J connectivity index is 1.83. The van der Waals surface area contributed by atoms with E-state index >= 15 is 0 Å². The van der Waals surface area contributed by atoms with Crippen LogP contribution in [0.25, 0.3) is 10.2 Å². The fourth-order valence-corrected chi connectivity index (χ4v) is 3.22. The summed E-state index contributed by atoms with van der Waals surface area (Å²) in [7, 11) is 0. The third-order valence-corrected chi connectivity index (χ3v) is 4.76. The van der Waals surface area contributed by atoms with Crippen molar-refractivity contribution in [2.45, 2.75) is 13.8 Å². The van der Waals surface area contributed by atoms with E-state index in [9.17, 15) is 9.59 Å². The molecule has 0 fully saturated rings. The number of fused-ring (bicyclic) bond motifs is 1. The predicted octanol–water partition coefficient (Wildman–Crippen LogP) is 2.42. The third kappa shape index (κ3) is 3.58. The number of nitrogens with zero attached hydrogens (tertiary/aromatic N) is 3. The number of rotatable bonds is 5. The quantitative estimate of drug-likeness (QED) is 0.708. The number of benzene rings is 1. The zero-order valence-electron chi connectivity index (χ0n) is 13.6. The Morgan fingerprint density at radius 2 is 2.08 bits per heavy atom. The molecule has 0 aliphatic heterocycles. The number of ether oxygens (including phenoxy) is 1. The number of carboxylic acids is 1. The highest BCUT2D eigenvalue weighted by atomic mass is 32.1. The third-order valence-electron chi connectivity index (χ3n) is 3.65. The molecule has 3 aromatic rings. The average molecular weight is 357 g/mol. The lowest BCUT2D eigenvalue weighted by molar-refractivity contribution is -0.139. The van der Waals surface area contributed by atoms with Gasteiger partial charge in [0.1, 0.15) is 16.9 Å². The smallest absolute Gasteiger partial charge is 0.341 e. The summed E-state index contributed by atoms with van der Waals surface area (Å²) in [5, 5.41) is 13.3. The molecule has 8 heteroatoms. The first-order valence-electron chi connectivity index (χ1n) is 7.42. The van der Waals surface area contributed by atoms with E-state index in [0.29, 0.717) is 16.0 Å². The van der Waals surface area contributed by atoms with Crippen molar-refractivity contribution in [1.82, 2.24) is 9.66 Å². The van der Waals surface area contributed by atoms with Crippen LogP contribution in [0, 0.1) is 13.8 Å². The van der Waals surface area contributed by atoms with Crippen molar-refractivity contribution in [2.75, 3.05) is 6.61 Å². The van der Waals surface area contributed by atoms with Crippen molar-refractivity contribution in [1.29, 1.82) is 0 Å². The van der Waals surface area contributed by atoms with E-state index in [1.54, 1.807) is 24.3 Å². The normalized spacial score (nSPS) is 11.3. The average Bonchev–Trinajstić information content (AvgIpc) is 2.88. The van der Waals surface area contributed by atoms with Crippen LogP contribution in [0.4, 0.5) is 0 Å². The van der Waals surface area contributed by atoms with Crippen LogP contribution in [0.3, 0.4) is 0 Å². The monoisotopic (exact) mass is 357 g/mol. The minimum atomic E-state index is -1.04. The van der Waals surface area contributed by atoms with E-state index in [-0.39, 0.29) is 5.56 Å². The fourth-order valence-electron chi connectivity index (χ4n) is 2.23. The number of aliphatic carboxylic acids is 1. The maximum Gasteiger partial charge on any atom is 0.341 e. The van der Waals surface area contributed by atoms with Gasteiger partial charge in [0.05, 0.1) is 11.6 Å². The summed E-state index contributed by atoms with van der Waals surface area (Å²) in [5.41, 5.74) is 1.47. The van der Waals surface area contributed by atoms with Crippen molar-refractivity contribution in [3.05, 3.63) is 57.0 Å². The Bertz CT molecular complexity index is 1020. The lowest BCUT2D eigenvalue weighted by atomic mass is 10.2. The second-order valence-electron chi connectivity index (χ2n) is 5.35. The van der Waals surface area contributed by atoms with Gasteiger partial charge in [0.15, 0.2) is 6.61 Å². The zero-order valence-corrected chi connectivity index (χ0v) is 14.4. The van der Waals surface area contributed by atoms with Crippen LogP contribution in [0.1, 0.15) is 16.0 Å². The summed E-state index contributed by atoms with van der Waals surface area (Å²) in [4.78, 5) is 29.1. The molecule has 7 nitrogen and oxygen atoms in total. The number of hydrogen-bond donors (Lipinski definition) is 1. The molecule has 0 amide bonds. The highest BCUT2D eigenvalue weighted by molar-refractivity contribution is 7.18. The Morgan fingerprint density at radius 1 is 1.36 bits per heavy atom. The van der Waals surface area contributed by atoms with Crippen molar-refractivity contribution in [3.8, 4) is 5.75 Å². The van der Waals surface area contributed by atoms with Crippen molar-refractivity contribution in [3.63, 3.8) is 0 Å². The van der Waals surface area contributed by atoms with Crippen molar-refractivity contribution < 1.29 is 14.6 Å². The first-order valence-corrected chi connectivity index (χ1v) is 8.23. The van der Waals surface area contributed by atoms with Gasteiger partial charge in [-0.05, 0) is 49.2 Å². The molecule has 0 saturated carbocycles. The molecule has 0 bridgehead atoms. The second-order valence-corrected chi connectivity index (χ2v) is 6.56. The van der Waals surface area contributed by atoms with Gasteiger partial charge < -0.3 is 9.84 Å². The van der Waals surface area contributed by atoms with Crippen molar-refractivity contribution >= 4 is 33.7 Å². The SMILES string of the molecule is Cc1sc2ncn(/N=C/c3ccc(OCC(=O)O)cc3)c(=O)c2c1C. The van der Waals surface area contributed by atoms with Crippen LogP contribution in [0.15, 0.2) is 40.5 Å². The number of aromatic nitrogens is 2. The van der Waals surface area contributed by atoms with Gasteiger partial charge in [0.25, 0.3) is 5.56 Å². The molecular formula is C17H15N3O4S. The molecule has 0 unspecified atom stereocenters. The minimum Gasteiger partial charge on any atom is -0.482 e. The van der Waals surface area contributed by atoms with Gasteiger partial charge in [-0.2, -0.15) is 9.78 Å². The largest absolute Gasteiger partial charge is 0.482 e. The minimum absolute atomic E-state index is 0.204. The van der Waals surface area contributed by atoms with Crippen LogP contribution in [0.2, 0.25) is 0 Å². The molecule has 128 valence electrons. The Hall–Kier alpha value is -3.00. The van der Waals surface area contributed by atoms with Crippen molar-refractivity contribution in [2.24, 2.45) is 5.10 Å². The van der Waals surface area contributed by atoms with Crippen LogP contribution < -0.4 is 10.3 Å². The molecule has 2 aromatic heterocycles. The molecule has 0 aliphatic carbocycles. The number of carboxylic acid groups (broad SMARTS) is 1. The molecule has 0 spiro atoms. The molecule has 0 aliphatic rings. The van der Waals surface area contributed by atoms with E-state index in [0.717, 1.165) is 16.0 Å². The molecule has 3 rings (SSSR count). The van der Waals surface area contributed by atoms with E-state index in [1.807, 2.05) is 13.8 Å². The van der Waals surface area contributed by atoms with E-state index in [1.165, 1.54) is 28.6 Å². The zero-order chi connectivity index (χ0) is 18.0. The molecule has 0 saturated heterocycles. The molecule has 0 atom stereocenters. The molecule has 1 N–H and O–H groups in total. The number of aryl methyl sites for hydroxylation is 2. The summed E-state index contributed by atoms with van der Waals surface area (Å²) in [6.07, 6.45) is 2.94. The topological polar surface area (TPSA) is 93.8 Å². The summed E-state index contributed by atoms with van der Waals surface area (Å²) in [6.45, 7) is 3.47. The number of carbonyl (C=O) groups is 1. The standard InChI is InChI=1S/C17H15N3O4S/c1-10-11(2)25-16-15(10)17(23)20(9-18-16)19-7-12-3-5-13(6-4-12)24-8-14(21)22/h3-7,9H,8H2,1-2H3,(H,21,22)/b19-7+. The first kappa shape index (κ1) is 16.8. The maximum atomic E-state index is 12.5. The van der Waals surface area contributed by atoms with Crippen LogP contribution in [-0.4, -0.2) is 33.6 Å². The summed E-state index contributed by atoms with van der Waals surface area (Å²) in [5.74, 6) is -0.587. The Kier molecular flexibility index (Phi) is 4.62. The van der Waals surface area contributed by atoms with E-state index in [4.69, 9.17) is 9.84 Å². The van der Waals surface area contributed by atoms with E-state index < -0.39 is 12.6 Å². The Labute approximate surface area is 146 Å². The summed E-state index contributed by atoms with van der Waals surface area (Å²) < 4.78 is 6.26. The summed E-state index contributed by atoms with van der Waals surface area (Å²) in [6, 6.07) is 6.72. The lowest BCUT2D eigenvalue weighted by Crippen LogP contribution is -2.16. The molecule has 2 heterocycles. The molecular weight excluding hydrogens is 342 g/mol. The molecule has 25 heavy (non-hydrogen) atoms. The van der Waals surface area contributed by atoms with Crippen LogP contribution in [0.5, 0.6) is 5.75 Å². The van der Waals surface area contributed by atoms with Gasteiger partial charge in [0, 0.05) is 4.88 Å². The fraction of sp³-hybridized carbons (Fsp3) is 0.176. The highest BCUT2D eigenvalue weighted by Crippen LogP contribution is 2.25. The van der Waals surface area contributed by atoms with Gasteiger partial charge in [-0.3, -0.25) is 4.79 Å². The van der Waals surface area contributed by atoms with Gasteiger partial charge in [0.2, 0.25) is 0 Å². The van der Waals surface area contributed by atoms with Crippen LogP contribution >= 0.6 is 11.3 Å². The lowest BCUT2D eigenvalue weighted by Gasteiger charge is -2.03. The molecule has 0 radical (unpaired) electrons. The van der Waals surface area contributed by atoms with Crippen LogP contribution in [-0.2, 0) is 4.79 Å². The molecule has 1 aromatic carbocycles. The highest BCUT2D eigenvalue weighted by Gasteiger charge is 2.11. The predicted molar refractivity (Wildman–Crippen MR) is 95.9 cm³/mol. The maximum absolute atomic E-state index is 12.5. The van der Waals surface area contributed by atoms with E-state index in [2.05, 4.69) is 10.1 Å². The van der Waals surface area contributed by atoms with Gasteiger partial charge in [-0.15, -0.1) is 11.3 Å². The number of thiophene rings is 1. The van der Waals surface area contributed by atoms with Gasteiger partial charge >= 0.3 is 5.97 Å². The van der Waals surface area contributed by atoms with Gasteiger partial charge in [-0.1, -0.05) is 0 Å².